The summed E-state index contributed by atoms with van der Waals surface area (Å²) in [5.41, 5.74) is 2.25. The fourth-order valence-corrected chi connectivity index (χ4v) is 4.92. The van der Waals surface area contributed by atoms with Gasteiger partial charge in [-0.3, -0.25) is 4.79 Å². The largest absolute Gasteiger partial charge is 0.383 e. The van der Waals surface area contributed by atoms with Crippen molar-refractivity contribution >= 4 is 34.9 Å². The predicted molar refractivity (Wildman–Crippen MR) is 121 cm³/mol. The first-order chi connectivity index (χ1) is 15.0. The van der Waals surface area contributed by atoms with Crippen LogP contribution in [-0.4, -0.2) is 60.1 Å². The van der Waals surface area contributed by atoms with E-state index in [9.17, 15) is 4.79 Å². The summed E-state index contributed by atoms with van der Waals surface area (Å²) in [5.74, 6) is 0.761. The van der Waals surface area contributed by atoms with Crippen LogP contribution >= 0.6 is 23.2 Å². The van der Waals surface area contributed by atoms with Crippen LogP contribution < -0.4 is 5.32 Å². The number of ether oxygens (including phenoxy) is 2. The highest BCUT2D eigenvalue weighted by atomic mass is 35.5. The van der Waals surface area contributed by atoms with Gasteiger partial charge in [0.2, 0.25) is 0 Å². The number of methoxy groups -OCH3 is 2. The number of allylic oxidation sites excluding steroid dienone is 1. The van der Waals surface area contributed by atoms with E-state index in [-0.39, 0.29) is 18.0 Å². The van der Waals surface area contributed by atoms with E-state index in [2.05, 4.69) is 10.4 Å². The molecule has 31 heavy (non-hydrogen) atoms. The summed E-state index contributed by atoms with van der Waals surface area (Å²) in [6, 6.07) is 6.87. The van der Waals surface area contributed by atoms with Gasteiger partial charge in [-0.25, -0.2) is 4.68 Å². The maximum atomic E-state index is 14.1. The van der Waals surface area contributed by atoms with Crippen LogP contribution in [0.2, 0.25) is 10.0 Å². The Bertz CT molecular complexity index is 992. The average molecular weight is 465 g/mol. The zero-order valence-electron chi connectivity index (χ0n) is 17.8. The van der Waals surface area contributed by atoms with Gasteiger partial charge in [0.05, 0.1) is 47.1 Å². The van der Waals surface area contributed by atoms with Gasteiger partial charge in [-0.1, -0.05) is 29.3 Å². The SMILES string of the molecule is COC[C@@H]1CC[C@@H](COC)N1C(=O)C1=C(C)Nc2ccnn2C1c1ccc(Cl)c(Cl)c1. The lowest BCUT2D eigenvalue weighted by Crippen LogP contribution is -2.47. The molecule has 2 aliphatic rings. The monoisotopic (exact) mass is 464 g/mol. The maximum absolute atomic E-state index is 14.1. The van der Waals surface area contributed by atoms with Gasteiger partial charge in [0.15, 0.2) is 0 Å². The van der Waals surface area contributed by atoms with Gasteiger partial charge >= 0.3 is 0 Å². The smallest absolute Gasteiger partial charge is 0.254 e. The van der Waals surface area contributed by atoms with Gasteiger partial charge in [-0.15, -0.1) is 0 Å². The molecule has 3 heterocycles. The Kier molecular flexibility index (Phi) is 6.57. The number of nitrogens with one attached hydrogen (secondary N) is 1. The van der Waals surface area contributed by atoms with E-state index in [1.807, 2.05) is 28.6 Å². The second-order valence-corrected chi connectivity index (χ2v) is 8.72. The van der Waals surface area contributed by atoms with Gasteiger partial charge in [0, 0.05) is 26.0 Å². The Hall–Kier alpha value is -2.06. The lowest BCUT2D eigenvalue weighted by molar-refractivity contribution is -0.132. The molecule has 0 aliphatic carbocycles. The molecule has 1 aromatic heterocycles. The van der Waals surface area contributed by atoms with Crippen molar-refractivity contribution in [1.82, 2.24) is 14.7 Å². The first-order valence-corrected chi connectivity index (χ1v) is 11.0. The Morgan fingerprint density at radius 2 is 1.81 bits per heavy atom. The number of nitrogens with zero attached hydrogens (tertiary/aromatic N) is 3. The second-order valence-electron chi connectivity index (χ2n) is 7.91. The highest BCUT2D eigenvalue weighted by Crippen LogP contribution is 2.40. The summed E-state index contributed by atoms with van der Waals surface area (Å²) in [5, 5.41) is 8.72. The third-order valence-electron chi connectivity index (χ3n) is 5.97. The van der Waals surface area contributed by atoms with Gasteiger partial charge in [-0.2, -0.15) is 5.10 Å². The van der Waals surface area contributed by atoms with Crippen LogP contribution in [0.25, 0.3) is 0 Å². The predicted octanol–water partition coefficient (Wildman–Crippen LogP) is 4.13. The molecule has 1 saturated heterocycles. The highest BCUT2D eigenvalue weighted by Gasteiger charge is 2.42. The number of carbonyl (C=O) groups excluding carboxylic acids is 1. The summed E-state index contributed by atoms with van der Waals surface area (Å²) in [4.78, 5) is 16.0. The number of aromatic nitrogens is 2. The van der Waals surface area contributed by atoms with Crippen LogP contribution in [0, 0.1) is 0 Å². The standard InChI is InChI=1S/C22H26Cl2N4O3/c1-13-20(22(29)27-15(11-30-2)5-6-16(27)12-31-3)21(28-19(26-13)8-9-25-28)14-4-7-17(23)18(24)10-14/h4,7-10,15-16,21,26H,5-6,11-12H2,1-3H3/t15-,16-,21?/m0/s1. The molecule has 1 aromatic carbocycles. The fourth-order valence-electron chi connectivity index (χ4n) is 4.62. The molecule has 9 heteroatoms. The lowest BCUT2D eigenvalue weighted by Gasteiger charge is -2.36. The van der Waals surface area contributed by atoms with Gasteiger partial charge in [-0.05, 0) is 37.5 Å². The molecule has 0 radical (unpaired) electrons. The normalized spacial score (nSPS) is 23.1. The van der Waals surface area contributed by atoms with Crippen LogP contribution in [0.15, 0.2) is 41.7 Å². The number of amides is 1. The van der Waals surface area contributed by atoms with E-state index in [0.29, 0.717) is 28.8 Å². The molecule has 0 bridgehead atoms. The molecule has 1 fully saturated rings. The fraction of sp³-hybridized carbons (Fsp3) is 0.455. The minimum absolute atomic E-state index is 0.00794. The van der Waals surface area contributed by atoms with Crippen LogP contribution in [0.5, 0.6) is 0 Å². The number of hydrogen-bond donors (Lipinski definition) is 1. The van der Waals surface area contributed by atoms with Crippen molar-refractivity contribution in [1.29, 1.82) is 0 Å². The number of benzene rings is 1. The van der Waals surface area contributed by atoms with Crippen LogP contribution in [0.3, 0.4) is 0 Å². The number of rotatable bonds is 6. The van der Waals surface area contributed by atoms with E-state index < -0.39 is 6.04 Å². The zero-order chi connectivity index (χ0) is 22.1. The summed E-state index contributed by atoms with van der Waals surface area (Å²) >= 11 is 12.5. The molecular formula is C22H26Cl2N4O3. The van der Waals surface area contributed by atoms with Crippen molar-refractivity contribution in [3.63, 3.8) is 0 Å². The Balaban J connectivity index is 1.79. The lowest BCUT2D eigenvalue weighted by atomic mass is 9.94. The summed E-state index contributed by atoms with van der Waals surface area (Å²) in [6.45, 7) is 2.88. The number of likely N-dealkylation sites (tertiary alicyclic amines) is 1. The summed E-state index contributed by atoms with van der Waals surface area (Å²) in [6.07, 6.45) is 3.46. The molecule has 1 amide bonds. The molecular weight excluding hydrogens is 439 g/mol. The molecule has 0 spiro atoms. The summed E-state index contributed by atoms with van der Waals surface area (Å²) < 4.78 is 12.6. The van der Waals surface area contributed by atoms with Crippen LogP contribution in [0.4, 0.5) is 5.82 Å². The first-order valence-electron chi connectivity index (χ1n) is 10.2. The molecule has 7 nitrogen and oxygen atoms in total. The Morgan fingerprint density at radius 1 is 1.13 bits per heavy atom. The molecule has 2 aliphatic heterocycles. The minimum Gasteiger partial charge on any atom is -0.383 e. The first kappa shape index (κ1) is 22.1. The number of halogens is 2. The van der Waals surface area contributed by atoms with Gasteiger partial charge in [0.1, 0.15) is 11.9 Å². The topological polar surface area (TPSA) is 68.6 Å². The van der Waals surface area contributed by atoms with E-state index in [1.165, 1.54) is 0 Å². The zero-order valence-corrected chi connectivity index (χ0v) is 19.3. The van der Waals surface area contributed by atoms with Crippen LogP contribution in [-0.2, 0) is 14.3 Å². The Labute approximate surface area is 191 Å². The quantitative estimate of drug-likeness (QED) is 0.695. The van der Waals surface area contributed by atoms with E-state index in [0.717, 1.165) is 29.9 Å². The molecule has 0 saturated carbocycles. The third kappa shape index (κ3) is 4.07. The van der Waals surface area contributed by atoms with Crippen molar-refractivity contribution in [2.24, 2.45) is 0 Å². The second kappa shape index (κ2) is 9.20. The van der Waals surface area contributed by atoms with Crippen molar-refractivity contribution in [2.45, 2.75) is 37.9 Å². The van der Waals surface area contributed by atoms with E-state index >= 15 is 0 Å². The van der Waals surface area contributed by atoms with Crippen molar-refractivity contribution in [2.75, 3.05) is 32.8 Å². The number of hydrogen-bond acceptors (Lipinski definition) is 5. The maximum Gasteiger partial charge on any atom is 0.254 e. The van der Waals surface area contributed by atoms with Crippen molar-refractivity contribution in [3.05, 3.63) is 57.3 Å². The molecule has 1 N–H and O–H groups in total. The van der Waals surface area contributed by atoms with Gasteiger partial charge in [0.25, 0.3) is 5.91 Å². The molecule has 2 aromatic rings. The van der Waals surface area contributed by atoms with E-state index in [1.54, 1.807) is 32.5 Å². The molecule has 166 valence electrons. The molecule has 1 unspecified atom stereocenters. The van der Waals surface area contributed by atoms with Gasteiger partial charge < -0.3 is 19.7 Å². The minimum atomic E-state index is -0.430. The Morgan fingerprint density at radius 3 is 2.42 bits per heavy atom. The highest BCUT2D eigenvalue weighted by molar-refractivity contribution is 6.42. The van der Waals surface area contributed by atoms with Crippen LogP contribution in [0.1, 0.15) is 31.4 Å². The van der Waals surface area contributed by atoms with Crippen molar-refractivity contribution in [3.8, 4) is 0 Å². The molecule has 4 rings (SSSR count). The number of carbonyl (C=O) groups is 1. The summed E-state index contributed by atoms with van der Waals surface area (Å²) in [7, 11) is 3.32. The van der Waals surface area contributed by atoms with E-state index in [4.69, 9.17) is 32.7 Å². The average Bonchev–Trinajstić information content (AvgIpc) is 3.36. The third-order valence-corrected chi connectivity index (χ3v) is 6.71. The number of fused-ring (bicyclic) bond motifs is 1. The molecule has 3 atom stereocenters. The number of anilines is 1. The van der Waals surface area contributed by atoms with Crippen molar-refractivity contribution < 1.29 is 14.3 Å².